The predicted octanol–water partition coefficient (Wildman–Crippen LogP) is 5.29. The van der Waals surface area contributed by atoms with Gasteiger partial charge in [0.05, 0.1) is 0 Å². The summed E-state index contributed by atoms with van der Waals surface area (Å²) in [6, 6.07) is 6.95. The molecule has 2 aliphatic carbocycles. The van der Waals surface area contributed by atoms with Crippen LogP contribution in [0.25, 0.3) is 0 Å². The van der Waals surface area contributed by atoms with Crippen molar-refractivity contribution in [2.75, 3.05) is 19.6 Å². The van der Waals surface area contributed by atoms with E-state index in [0.717, 1.165) is 18.1 Å². The predicted molar refractivity (Wildman–Crippen MR) is 116 cm³/mol. The Morgan fingerprint density at radius 2 is 2.00 bits per heavy atom. The van der Waals surface area contributed by atoms with Crippen molar-refractivity contribution in [2.24, 2.45) is 5.92 Å². The van der Waals surface area contributed by atoms with Crippen LogP contribution < -0.4 is 10.1 Å². The minimum absolute atomic E-state index is 0. The topological polar surface area (TPSA) is 41.6 Å². The van der Waals surface area contributed by atoms with E-state index < -0.39 is 0 Å². The van der Waals surface area contributed by atoms with Crippen LogP contribution >= 0.6 is 12.4 Å². The first-order chi connectivity index (χ1) is 13.3. The highest BCUT2D eigenvalue weighted by Gasteiger charge is 2.39. The summed E-state index contributed by atoms with van der Waals surface area (Å²) in [5.41, 5.74) is 2.69. The molecular weight excluding hydrogens is 372 g/mol. The van der Waals surface area contributed by atoms with Crippen LogP contribution in [0, 0.1) is 5.92 Å². The Hall–Kier alpha value is -1.26. The maximum absolute atomic E-state index is 11.9. The van der Waals surface area contributed by atoms with Gasteiger partial charge in [0.25, 0.3) is 0 Å². The average molecular weight is 407 g/mol. The highest BCUT2D eigenvalue weighted by molar-refractivity contribution is 5.85. The van der Waals surface area contributed by atoms with Gasteiger partial charge in [-0.05, 0) is 68.8 Å². The second-order valence-corrected chi connectivity index (χ2v) is 8.57. The molecule has 0 spiro atoms. The first kappa shape index (κ1) is 21.4. The Kier molecular flexibility index (Phi) is 7.64. The van der Waals surface area contributed by atoms with Crippen molar-refractivity contribution in [3.8, 4) is 5.75 Å². The second-order valence-electron chi connectivity index (χ2n) is 8.57. The molecule has 4 rings (SSSR count). The Bertz CT molecular complexity index is 660. The first-order valence-corrected chi connectivity index (χ1v) is 11.1. The maximum Gasteiger partial charge on any atom is 0.412 e. The van der Waals surface area contributed by atoms with Gasteiger partial charge in [0, 0.05) is 18.5 Å². The zero-order valence-electron chi connectivity index (χ0n) is 17.1. The Labute approximate surface area is 175 Å². The van der Waals surface area contributed by atoms with Gasteiger partial charge in [-0.15, -0.1) is 12.4 Å². The van der Waals surface area contributed by atoms with Crippen LogP contribution in [0.15, 0.2) is 18.2 Å². The molecular formula is C23H35ClN2O2. The number of halogens is 1. The van der Waals surface area contributed by atoms with Crippen LogP contribution in [0.1, 0.15) is 75.3 Å². The normalized spacial score (nSPS) is 24.8. The minimum Gasteiger partial charge on any atom is -0.410 e. The fourth-order valence-electron chi connectivity index (χ4n) is 5.63. The molecule has 3 aliphatic rings. The number of amides is 1. The van der Waals surface area contributed by atoms with Crippen molar-refractivity contribution in [1.82, 2.24) is 10.2 Å². The summed E-state index contributed by atoms with van der Waals surface area (Å²) < 4.78 is 5.59. The standard InChI is InChI=1S/C23H34N2O2.ClH/c1-2-24-23(26)27-22-10-6-9-18-19-14-16-25(21(19)12-11-20(18)22)15-13-17-7-4-3-5-8-17;/h6,9-10,17,19,21H,2-5,7-8,11-16H2,1H3,(H,24,26);1H/t19-,21+;/m0./s1. The largest absolute Gasteiger partial charge is 0.412 e. The number of nitrogens with one attached hydrogen (secondary N) is 1. The van der Waals surface area contributed by atoms with E-state index in [1.54, 1.807) is 0 Å². The van der Waals surface area contributed by atoms with E-state index in [9.17, 15) is 4.79 Å². The number of likely N-dealkylation sites (tertiary alicyclic amines) is 1. The Morgan fingerprint density at radius 3 is 2.79 bits per heavy atom. The molecule has 0 radical (unpaired) electrons. The number of hydrogen-bond donors (Lipinski definition) is 1. The van der Waals surface area contributed by atoms with Crippen molar-refractivity contribution in [2.45, 2.75) is 76.7 Å². The van der Waals surface area contributed by atoms with Gasteiger partial charge in [0.1, 0.15) is 5.75 Å². The zero-order valence-corrected chi connectivity index (χ0v) is 17.9. The fourth-order valence-corrected chi connectivity index (χ4v) is 5.63. The molecule has 2 fully saturated rings. The fraction of sp³-hybridized carbons (Fsp3) is 0.696. The first-order valence-electron chi connectivity index (χ1n) is 11.1. The van der Waals surface area contributed by atoms with Crippen LogP contribution in [0.3, 0.4) is 0 Å². The number of carbonyl (C=O) groups is 1. The lowest BCUT2D eigenvalue weighted by molar-refractivity contribution is 0.195. The summed E-state index contributed by atoms with van der Waals surface area (Å²) in [4.78, 5) is 14.6. The van der Waals surface area contributed by atoms with E-state index in [0.29, 0.717) is 18.5 Å². The highest BCUT2D eigenvalue weighted by Crippen LogP contribution is 2.44. The smallest absolute Gasteiger partial charge is 0.410 e. The molecule has 156 valence electrons. The van der Waals surface area contributed by atoms with Gasteiger partial charge >= 0.3 is 6.09 Å². The Morgan fingerprint density at radius 1 is 1.18 bits per heavy atom. The van der Waals surface area contributed by atoms with Gasteiger partial charge in [0.15, 0.2) is 0 Å². The lowest BCUT2D eigenvalue weighted by Crippen LogP contribution is -2.36. The molecule has 0 unspecified atom stereocenters. The summed E-state index contributed by atoms with van der Waals surface area (Å²) >= 11 is 0. The van der Waals surface area contributed by atoms with Crippen LogP contribution in [0.2, 0.25) is 0 Å². The summed E-state index contributed by atoms with van der Waals surface area (Å²) in [7, 11) is 0. The van der Waals surface area contributed by atoms with E-state index in [4.69, 9.17) is 4.74 Å². The molecule has 0 aromatic heterocycles. The quantitative estimate of drug-likeness (QED) is 0.722. The van der Waals surface area contributed by atoms with Gasteiger partial charge in [0.2, 0.25) is 0 Å². The van der Waals surface area contributed by atoms with Crippen LogP contribution in [0.5, 0.6) is 5.75 Å². The van der Waals surface area contributed by atoms with Crippen LogP contribution in [-0.4, -0.2) is 36.7 Å². The molecule has 1 saturated heterocycles. The molecule has 5 heteroatoms. The van der Waals surface area contributed by atoms with Gasteiger partial charge < -0.3 is 10.1 Å². The van der Waals surface area contributed by atoms with Gasteiger partial charge in [-0.2, -0.15) is 0 Å². The van der Waals surface area contributed by atoms with Gasteiger partial charge in [-0.25, -0.2) is 4.79 Å². The van der Waals surface area contributed by atoms with Crippen molar-refractivity contribution >= 4 is 18.5 Å². The summed E-state index contributed by atoms with van der Waals surface area (Å²) in [5.74, 6) is 2.33. The molecule has 28 heavy (non-hydrogen) atoms. The molecule has 1 heterocycles. The molecule has 1 aliphatic heterocycles. The second kappa shape index (κ2) is 9.98. The van der Waals surface area contributed by atoms with Gasteiger partial charge in [-0.3, -0.25) is 4.90 Å². The Balaban J connectivity index is 0.00000225. The van der Waals surface area contributed by atoms with Crippen LogP contribution in [-0.2, 0) is 6.42 Å². The molecule has 0 bridgehead atoms. The molecule has 1 saturated carbocycles. The van der Waals surface area contributed by atoms with E-state index in [2.05, 4.69) is 22.3 Å². The number of rotatable bonds is 5. The minimum atomic E-state index is -0.339. The number of hydrogen-bond acceptors (Lipinski definition) is 3. The number of nitrogens with zero attached hydrogens (tertiary/aromatic N) is 1. The average Bonchev–Trinajstić information content (AvgIpc) is 3.11. The number of carbonyl (C=O) groups excluding carboxylic acids is 1. The van der Waals surface area contributed by atoms with Gasteiger partial charge in [-0.1, -0.05) is 44.2 Å². The molecule has 4 nitrogen and oxygen atoms in total. The molecule has 2 atom stereocenters. The SMILES string of the molecule is CCNC(=O)Oc1cccc2c1CC[C@@H]1[C@H]2CCN1CCC1CCCCC1.Cl. The molecule has 1 amide bonds. The molecule has 1 N–H and O–H groups in total. The monoisotopic (exact) mass is 406 g/mol. The maximum atomic E-state index is 11.9. The van der Waals surface area contributed by atoms with E-state index >= 15 is 0 Å². The number of ether oxygens (including phenoxy) is 1. The lowest BCUT2D eigenvalue weighted by atomic mass is 9.79. The third-order valence-corrected chi connectivity index (χ3v) is 6.99. The van der Waals surface area contributed by atoms with E-state index in [1.807, 2.05) is 13.0 Å². The van der Waals surface area contributed by atoms with Crippen molar-refractivity contribution in [3.05, 3.63) is 29.3 Å². The zero-order chi connectivity index (χ0) is 18.6. The molecule has 1 aromatic rings. The lowest BCUT2D eigenvalue weighted by Gasteiger charge is -2.35. The summed E-state index contributed by atoms with van der Waals surface area (Å²) in [6.45, 7) is 5.00. The summed E-state index contributed by atoms with van der Waals surface area (Å²) in [6.07, 6.45) is 11.7. The number of benzene rings is 1. The summed E-state index contributed by atoms with van der Waals surface area (Å²) in [5, 5.41) is 2.73. The highest BCUT2D eigenvalue weighted by atomic mass is 35.5. The van der Waals surface area contributed by atoms with E-state index in [-0.39, 0.29) is 18.5 Å². The van der Waals surface area contributed by atoms with E-state index in [1.165, 1.54) is 75.6 Å². The van der Waals surface area contributed by atoms with Crippen LogP contribution in [0.4, 0.5) is 4.79 Å². The third-order valence-electron chi connectivity index (χ3n) is 6.99. The van der Waals surface area contributed by atoms with Crippen molar-refractivity contribution in [1.29, 1.82) is 0 Å². The third kappa shape index (κ3) is 4.65. The molecule has 1 aromatic carbocycles. The van der Waals surface area contributed by atoms with Crippen molar-refractivity contribution < 1.29 is 9.53 Å². The van der Waals surface area contributed by atoms with Crippen molar-refractivity contribution in [3.63, 3.8) is 0 Å². The number of fused-ring (bicyclic) bond motifs is 3.